The van der Waals surface area contributed by atoms with Crippen molar-refractivity contribution in [1.29, 1.82) is 0 Å². The van der Waals surface area contributed by atoms with Crippen LogP contribution >= 0.6 is 15.9 Å². The number of halogens is 1. The number of rotatable bonds is 5. The lowest BCUT2D eigenvalue weighted by Crippen LogP contribution is -2.34. The summed E-state index contributed by atoms with van der Waals surface area (Å²) in [4.78, 5) is 14.4. The van der Waals surface area contributed by atoms with E-state index in [0.29, 0.717) is 12.1 Å². The zero-order valence-corrected chi connectivity index (χ0v) is 15.2. The summed E-state index contributed by atoms with van der Waals surface area (Å²) < 4.78 is 6.74. The fourth-order valence-electron chi connectivity index (χ4n) is 2.63. The molecule has 1 heterocycles. The topological polar surface area (TPSA) is 45.5 Å². The van der Waals surface area contributed by atoms with Crippen molar-refractivity contribution in [2.45, 2.75) is 6.04 Å². The second-order valence-electron chi connectivity index (χ2n) is 5.86. The lowest BCUT2D eigenvalue weighted by Gasteiger charge is -2.22. The number of para-hydroxylation sites is 1. The monoisotopic (exact) mass is 386 g/mol. The number of hydrogen-bond donors (Lipinski definition) is 1. The van der Waals surface area contributed by atoms with Crippen LogP contribution in [-0.2, 0) is 0 Å². The third-order valence-electron chi connectivity index (χ3n) is 3.97. The Bertz CT molecular complexity index is 824. The fraction of sp³-hybridized carbons (Fsp3) is 0.211. The van der Waals surface area contributed by atoms with Crippen molar-refractivity contribution in [3.8, 4) is 0 Å². The van der Waals surface area contributed by atoms with E-state index < -0.39 is 0 Å². The van der Waals surface area contributed by atoms with E-state index in [1.165, 1.54) is 0 Å². The van der Waals surface area contributed by atoms with Gasteiger partial charge in [0, 0.05) is 16.4 Å². The number of carbonyl (C=O) groups is 1. The molecule has 0 aliphatic heterocycles. The van der Waals surface area contributed by atoms with E-state index in [1.54, 1.807) is 6.07 Å². The number of hydrogen-bond acceptors (Lipinski definition) is 3. The molecule has 0 saturated heterocycles. The molecule has 124 valence electrons. The molecule has 1 atom stereocenters. The Morgan fingerprint density at radius 3 is 2.58 bits per heavy atom. The van der Waals surface area contributed by atoms with Gasteiger partial charge in [-0.05, 0) is 54.3 Å². The zero-order valence-electron chi connectivity index (χ0n) is 13.6. The molecule has 0 unspecified atom stereocenters. The average molecular weight is 387 g/mol. The highest BCUT2D eigenvalue weighted by Gasteiger charge is 2.20. The standard InChI is InChI=1S/C19H19BrN2O2/c1-22(2)16(18-11-13-7-3-6-10-17(13)24-18)12-21-19(23)14-8-4-5-9-15(14)20/h3-11,16H,12H2,1-2H3,(H,21,23)/t16-/m0/s1. The maximum absolute atomic E-state index is 12.4. The normalized spacial score (nSPS) is 12.5. The summed E-state index contributed by atoms with van der Waals surface area (Å²) in [6.07, 6.45) is 0. The molecule has 0 bridgehead atoms. The Hall–Kier alpha value is -2.11. The summed E-state index contributed by atoms with van der Waals surface area (Å²) in [7, 11) is 3.95. The Morgan fingerprint density at radius 1 is 1.17 bits per heavy atom. The van der Waals surface area contributed by atoms with Crippen LogP contribution in [0.1, 0.15) is 22.2 Å². The third-order valence-corrected chi connectivity index (χ3v) is 4.66. The number of benzene rings is 2. The van der Waals surface area contributed by atoms with Gasteiger partial charge in [0.2, 0.25) is 0 Å². The molecular formula is C19H19BrN2O2. The Kier molecular flexibility index (Phi) is 5.02. The SMILES string of the molecule is CN(C)[C@@H](CNC(=O)c1ccccc1Br)c1cc2ccccc2o1. The molecule has 0 aliphatic rings. The first-order valence-electron chi connectivity index (χ1n) is 7.74. The lowest BCUT2D eigenvalue weighted by atomic mass is 10.1. The van der Waals surface area contributed by atoms with Crippen LogP contribution < -0.4 is 5.32 Å². The van der Waals surface area contributed by atoms with E-state index in [2.05, 4.69) is 21.2 Å². The Labute approximate surface area is 149 Å². The molecule has 3 rings (SSSR count). The maximum atomic E-state index is 12.4. The minimum absolute atomic E-state index is 0.0381. The largest absolute Gasteiger partial charge is 0.459 e. The smallest absolute Gasteiger partial charge is 0.252 e. The number of likely N-dealkylation sites (N-methyl/N-ethyl adjacent to an activating group) is 1. The van der Waals surface area contributed by atoms with E-state index >= 15 is 0 Å². The van der Waals surface area contributed by atoms with E-state index in [1.807, 2.05) is 67.5 Å². The molecule has 1 amide bonds. The molecule has 3 aromatic rings. The summed E-state index contributed by atoms with van der Waals surface area (Å²) in [6, 6.07) is 17.3. The van der Waals surface area contributed by atoms with E-state index in [4.69, 9.17) is 4.42 Å². The molecule has 4 nitrogen and oxygen atoms in total. The molecule has 0 saturated carbocycles. The molecule has 1 N–H and O–H groups in total. The zero-order chi connectivity index (χ0) is 17.1. The van der Waals surface area contributed by atoms with Crippen molar-refractivity contribution in [2.75, 3.05) is 20.6 Å². The van der Waals surface area contributed by atoms with Gasteiger partial charge in [-0.25, -0.2) is 0 Å². The van der Waals surface area contributed by atoms with Gasteiger partial charge in [0.05, 0.1) is 11.6 Å². The average Bonchev–Trinajstić information content (AvgIpc) is 2.98. The van der Waals surface area contributed by atoms with Crippen molar-refractivity contribution in [2.24, 2.45) is 0 Å². The van der Waals surface area contributed by atoms with E-state index in [-0.39, 0.29) is 11.9 Å². The number of carbonyl (C=O) groups excluding carboxylic acids is 1. The summed E-state index contributed by atoms with van der Waals surface area (Å²) >= 11 is 3.41. The summed E-state index contributed by atoms with van der Waals surface area (Å²) in [5, 5.41) is 4.06. The molecule has 0 spiro atoms. The Morgan fingerprint density at radius 2 is 1.88 bits per heavy atom. The molecule has 5 heteroatoms. The van der Waals surface area contributed by atoms with Crippen LogP contribution in [0, 0.1) is 0 Å². The Balaban J connectivity index is 1.77. The quantitative estimate of drug-likeness (QED) is 0.713. The molecule has 0 radical (unpaired) electrons. The minimum Gasteiger partial charge on any atom is -0.459 e. The molecular weight excluding hydrogens is 368 g/mol. The highest BCUT2D eigenvalue weighted by atomic mass is 79.9. The molecule has 0 aliphatic carbocycles. The minimum atomic E-state index is -0.106. The first-order valence-corrected chi connectivity index (χ1v) is 8.53. The van der Waals surface area contributed by atoms with Gasteiger partial charge in [-0.15, -0.1) is 0 Å². The first-order chi connectivity index (χ1) is 11.6. The first kappa shape index (κ1) is 16.7. The number of fused-ring (bicyclic) bond motifs is 1. The van der Waals surface area contributed by atoms with Crippen LogP contribution in [0.5, 0.6) is 0 Å². The van der Waals surface area contributed by atoms with Crippen LogP contribution in [-0.4, -0.2) is 31.4 Å². The van der Waals surface area contributed by atoms with Crippen LogP contribution in [0.3, 0.4) is 0 Å². The highest BCUT2D eigenvalue weighted by Crippen LogP contribution is 2.26. The molecule has 2 aromatic carbocycles. The number of nitrogens with one attached hydrogen (secondary N) is 1. The lowest BCUT2D eigenvalue weighted by molar-refractivity contribution is 0.0938. The van der Waals surface area contributed by atoms with Crippen LogP contribution in [0.4, 0.5) is 0 Å². The number of furan rings is 1. The second-order valence-corrected chi connectivity index (χ2v) is 6.71. The van der Waals surface area contributed by atoms with Gasteiger partial charge in [0.25, 0.3) is 5.91 Å². The van der Waals surface area contributed by atoms with Crippen molar-refractivity contribution in [3.05, 3.63) is 70.4 Å². The summed E-state index contributed by atoms with van der Waals surface area (Å²) in [6.45, 7) is 0.465. The third kappa shape index (κ3) is 3.52. The molecule has 0 fully saturated rings. The summed E-state index contributed by atoms with van der Waals surface area (Å²) in [5.74, 6) is 0.735. The predicted molar refractivity (Wildman–Crippen MR) is 99.1 cm³/mol. The van der Waals surface area contributed by atoms with Crippen LogP contribution in [0.15, 0.2) is 63.5 Å². The molecule has 1 aromatic heterocycles. The van der Waals surface area contributed by atoms with Gasteiger partial charge in [0.15, 0.2) is 0 Å². The van der Waals surface area contributed by atoms with Crippen molar-refractivity contribution >= 4 is 32.8 Å². The van der Waals surface area contributed by atoms with Gasteiger partial charge in [-0.3, -0.25) is 9.69 Å². The van der Waals surface area contributed by atoms with Crippen LogP contribution in [0.2, 0.25) is 0 Å². The highest BCUT2D eigenvalue weighted by molar-refractivity contribution is 9.10. The van der Waals surface area contributed by atoms with Gasteiger partial charge in [-0.1, -0.05) is 30.3 Å². The number of amides is 1. The van der Waals surface area contributed by atoms with Crippen LogP contribution in [0.25, 0.3) is 11.0 Å². The number of nitrogens with zero attached hydrogens (tertiary/aromatic N) is 1. The van der Waals surface area contributed by atoms with Gasteiger partial charge in [-0.2, -0.15) is 0 Å². The maximum Gasteiger partial charge on any atom is 0.252 e. The van der Waals surface area contributed by atoms with Gasteiger partial charge < -0.3 is 9.73 Å². The summed E-state index contributed by atoms with van der Waals surface area (Å²) in [5.41, 5.74) is 1.48. The van der Waals surface area contributed by atoms with E-state index in [9.17, 15) is 4.79 Å². The van der Waals surface area contributed by atoms with Crippen molar-refractivity contribution in [3.63, 3.8) is 0 Å². The predicted octanol–water partition coefficient (Wildman–Crippen LogP) is 4.23. The van der Waals surface area contributed by atoms with Gasteiger partial charge in [0.1, 0.15) is 11.3 Å². The second kappa shape index (κ2) is 7.20. The van der Waals surface area contributed by atoms with Gasteiger partial charge >= 0.3 is 0 Å². The fourth-order valence-corrected chi connectivity index (χ4v) is 3.10. The van der Waals surface area contributed by atoms with Crippen molar-refractivity contribution < 1.29 is 9.21 Å². The molecule has 24 heavy (non-hydrogen) atoms. The van der Waals surface area contributed by atoms with E-state index in [0.717, 1.165) is 21.2 Å². The van der Waals surface area contributed by atoms with Crippen molar-refractivity contribution in [1.82, 2.24) is 10.2 Å².